The smallest absolute Gasteiger partial charge is 0.127 e. The van der Waals surface area contributed by atoms with E-state index in [-0.39, 0.29) is 11.9 Å². The fourth-order valence-corrected chi connectivity index (χ4v) is 3.46. The fraction of sp³-hybridized carbons (Fsp3) is 0.412. The standard InChI is InChI=1S/C17H21ClFNS/c1-3-9-20-16(17-8-7-14(4-2)21-17)10-12-5-6-13(18)11-15(12)19/h5-8,11,16,20H,3-4,9-10H2,1-2H3. The lowest BCUT2D eigenvalue weighted by molar-refractivity contribution is 0.519. The van der Waals surface area contributed by atoms with E-state index in [0.29, 0.717) is 17.0 Å². The molecule has 0 amide bonds. The number of hydrogen-bond acceptors (Lipinski definition) is 2. The second kappa shape index (κ2) is 7.92. The van der Waals surface area contributed by atoms with Gasteiger partial charge in [0, 0.05) is 20.8 Å². The summed E-state index contributed by atoms with van der Waals surface area (Å²) in [6.45, 7) is 5.22. The zero-order valence-corrected chi connectivity index (χ0v) is 14.0. The van der Waals surface area contributed by atoms with E-state index in [1.54, 1.807) is 12.1 Å². The van der Waals surface area contributed by atoms with E-state index in [1.807, 2.05) is 11.3 Å². The van der Waals surface area contributed by atoms with Crippen molar-refractivity contribution in [3.63, 3.8) is 0 Å². The van der Waals surface area contributed by atoms with Crippen molar-refractivity contribution in [1.29, 1.82) is 0 Å². The minimum Gasteiger partial charge on any atom is -0.309 e. The molecule has 0 spiro atoms. The van der Waals surface area contributed by atoms with Crippen molar-refractivity contribution in [3.8, 4) is 0 Å². The van der Waals surface area contributed by atoms with Crippen LogP contribution >= 0.6 is 22.9 Å². The molecule has 0 aliphatic rings. The lowest BCUT2D eigenvalue weighted by Gasteiger charge is -2.18. The van der Waals surface area contributed by atoms with Gasteiger partial charge in [-0.05, 0) is 55.6 Å². The summed E-state index contributed by atoms with van der Waals surface area (Å²) in [5, 5.41) is 3.97. The first-order valence-corrected chi connectivity index (χ1v) is 8.59. The fourth-order valence-electron chi connectivity index (χ4n) is 2.27. The van der Waals surface area contributed by atoms with Crippen LogP contribution in [-0.4, -0.2) is 6.54 Å². The number of thiophene rings is 1. The molecule has 1 N–H and O–H groups in total. The van der Waals surface area contributed by atoms with Crippen molar-refractivity contribution >= 4 is 22.9 Å². The average Bonchev–Trinajstić information content (AvgIpc) is 2.94. The highest BCUT2D eigenvalue weighted by molar-refractivity contribution is 7.12. The Morgan fingerprint density at radius 2 is 2.05 bits per heavy atom. The number of hydrogen-bond donors (Lipinski definition) is 1. The highest BCUT2D eigenvalue weighted by Gasteiger charge is 2.16. The van der Waals surface area contributed by atoms with Crippen LogP contribution in [-0.2, 0) is 12.8 Å². The molecule has 0 radical (unpaired) electrons. The molecule has 2 aromatic rings. The molecule has 0 bridgehead atoms. The summed E-state index contributed by atoms with van der Waals surface area (Å²) in [6, 6.07) is 9.41. The molecule has 0 aliphatic heterocycles. The van der Waals surface area contributed by atoms with E-state index in [0.717, 1.165) is 19.4 Å². The van der Waals surface area contributed by atoms with Crippen LogP contribution in [0.1, 0.15) is 41.6 Å². The molecule has 0 aliphatic carbocycles. The van der Waals surface area contributed by atoms with Gasteiger partial charge in [0.25, 0.3) is 0 Å². The molecule has 0 fully saturated rings. The van der Waals surface area contributed by atoms with E-state index in [2.05, 4.69) is 31.3 Å². The van der Waals surface area contributed by atoms with Gasteiger partial charge < -0.3 is 5.32 Å². The normalized spacial score (nSPS) is 12.6. The monoisotopic (exact) mass is 325 g/mol. The van der Waals surface area contributed by atoms with Gasteiger partial charge in [-0.3, -0.25) is 0 Å². The van der Waals surface area contributed by atoms with Crippen molar-refractivity contribution in [2.24, 2.45) is 0 Å². The Labute approximate surface area is 135 Å². The maximum Gasteiger partial charge on any atom is 0.127 e. The molecular formula is C17H21ClFNS. The van der Waals surface area contributed by atoms with Crippen molar-refractivity contribution in [2.75, 3.05) is 6.54 Å². The number of benzene rings is 1. The van der Waals surface area contributed by atoms with Crippen LogP contribution in [0.5, 0.6) is 0 Å². The van der Waals surface area contributed by atoms with Gasteiger partial charge in [-0.1, -0.05) is 31.5 Å². The Hall–Kier alpha value is -0.900. The molecule has 21 heavy (non-hydrogen) atoms. The quantitative estimate of drug-likeness (QED) is 0.720. The Balaban J connectivity index is 2.19. The molecule has 4 heteroatoms. The third-order valence-electron chi connectivity index (χ3n) is 3.45. The van der Waals surface area contributed by atoms with Crippen molar-refractivity contribution in [1.82, 2.24) is 5.32 Å². The van der Waals surface area contributed by atoms with Crippen LogP contribution in [0, 0.1) is 5.82 Å². The predicted octanol–water partition coefficient (Wildman–Crippen LogP) is 5.39. The maximum absolute atomic E-state index is 14.0. The van der Waals surface area contributed by atoms with Crippen LogP contribution in [0.2, 0.25) is 5.02 Å². The third kappa shape index (κ3) is 4.53. The predicted molar refractivity (Wildman–Crippen MR) is 89.8 cm³/mol. The highest BCUT2D eigenvalue weighted by atomic mass is 35.5. The Kier molecular flexibility index (Phi) is 6.22. The van der Waals surface area contributed by atoms with Crippen LogP contribution in [0.25, 0.3) is 0 Å². The molecule has 0 saturated heterocycles. The zero-order valence-electron chi connectivity index (χ0n) is 12.5. The number of nitrogens with one attached hydrogen (secondary N) is 1. The first kappa shape index (κ1) is 16.5. The molecule has 1 heterocycles. The van der Waals surface area contributed by atoms with E-state index >= 15 is 0 Å². The largest absolute Gasteiger partial charge is 0.309 e. The second-order valence-corrected chi connectivity index (χ2v) is 6.74. The van der Waals surface area contributed by atoms with Crippen LogP contribution in [0.15, 0.2) is 30.3 Å². The van der Waals surface area contributed by atoms with Crippen molar-refractivity contribution < 1.29 is 4.39 Å². The van der Waals surface area contributed by atoms with Gasteiger partial charge >= 0.3 is 0 Å². The van der Waals surface area contributed by atoms with Gasteiger partial charge in [-0.2, -0.15) is 0 Å². The molecular weight excluding hydrogens is 305 g/mol. The number of halogens is 2. The van der Waals surface area contributed by atoms with Crippen molar-refractivity contribution in [2.45, 2.75) is 39.2 Å². The lowest BCUT2D eigenvalue weighted by atomic mass is 10.0. The molecule has 1 atom stereocenters. The van der Waals surface area contributed by atoms with E-state index in [4.69, 9.17) is 11.6 Å². The van der Waals surface area contributed by atoms with E-state index in [9.17, 15) is 4.39 Å². The summed E-state index contributed by atoms with van der Waals surface area (Å²) in [5.41, 5.74) is 0.708. The molecule has 2 rings (SSSR count). The van der Waals surface area contributed by atoms with Crippen LogP contribution in [0.4, 0.5) is 4.39 Å². The zero-order chi connectivity index (χ0) is 15.2. The van der Waals surface area contributed by atoms with Crippen LogP contribution in [0.3, 0.4) is 0 Å². The summed E-state index contributed by atoms with van der Waals surface area (Å²) >= 11 is 7.63. The number of aryl methyl sites for hydroxylation is 1. The second-order valence-electron chi connectivity index (χ2n) is 5.10. The van der Waals surface area contributed by atoms with Gasteiger partial charge in [0.05, 0.1) is 0 Å². The van der Waals surface area contributed by atoms with Gasteiger partial charge in [-0.25, -0.2) is 4.39 Å². The molecule has 1 unspecified atom stereocenters. The van der Waals surface area contributed by atoms with Gasteiger partial charge in [0.2, 0.25) is 0 Å². The average molecular weight is 326 g/mol. The molecule has 1 nitrogen and oxygen atoms in total. The molecule has 0 saturated carbocycles. The lowest BCUT2D eigenvalue weighted by Crippen LogP contribution is -2.23. The Morgan fingerprint density at radius 1 is 1.24 bits per heavy atom. The first-order chi connectivity index (χ1) is 10.1. The van der Waals surface area contributed by atoms with Crippen LogP contribution < -0.4 is 5.32 Å². The van der Waals surface area contributed by atoms with E-state index < -0.39 is 0 Å². The summed E-state index contributed by atoms with van der Waals surface area (Å²) in [4.78, 5) is 2.64. The van der Waals surface area contributed by atoms with Gasteiger partial charge in [-0.15, -0.1) is 11.3 Å². The first-order valence-electron chi connectivity index (χ1n) is 7.40. The van der Waals surface area contributed by atoms with E-state index in [1.165, 1.54) is 15.8 Å². The topological polar surface area (TPSA) is 12.0 Å². The summed E-state index contributed by atoms with van der Waals surface area (Å²) < 4.78 is 14.0. The molecule has 114 valence electrons. The Bertz CT molecular complexity index is 582. The third-order valence-corrected chi connectivity index (χ3v) is 5.03. The van der Waals surface area contributed by atoms with Gasteiger partial charge in [0.15, 0.2) is 0 Å². The Morgan fingerprint density at radius 3 is 2.67 bits per heavy atom. The minimum atomic E-state index is -0.224. The SMILES string of the molecule is CCCNC(Cc1ccc(Cl)cc1F)c1ccc(CC)s1. The minimum absolute atomic E-state index is 0.158. The summed E-state index contributed by atoms with van der Waals surface area (Å²) in [6.07, 6.45) is 2.75. The maximum atomic E-state index is 14.0. The van der Waals surface area contributed by atoms with Gasteiger partial charge in [0.1, 0.15) is 5.82 Å². The summed E-state index contributed by atoms with van der Waals surface area (Å²) in [7, 11) is 0. The summed E-state index contributed by atoms with van der Waals surface area (Å²) in [5.74, 6) is -0.224. The van der Waals surface area contributed by atoms with Crippen molar-refractivity contribution in [3.05, 3.63) is 56.5 Å². The number of rotatable bonds is 7. The molecule has 1 aromatic heterocycles. The highest BCUT2D eigenvalue weighted by Crippen LogP contribution is 2.28. The molecule has 1 aromatic carbocycles.